The van der Waals surface area contributed by atoms with Crippen molar-refractivity contribution in [2.24, 2.45) is 0 Å². The molecule has 0 bridgehead atoms. The van der Waals surface area contributed by atoms with Crippen molar-refractivity contribution in [1.82, 2.24) is 4.57 Å². The average molecular weight is 347 g/mol. The van der Waals surface area contributed by atoms with E-state index in [0.717, 1.165) is 24.2 Å². The molecule has 2 aromatic rings. The third-order valence-corrected chi connectivity index (χ3v) is 4.50. The summed E-state index contributed by atoms with van der Waals surface area (Å²) in [5, 5.41) is 0.438. The number of benzene rings is 1. The highest BCUT2D eigenvalue weighted by Gasteiger charge is 2.28. The fourth-order valence-corrected chi connectivity index (χ4v) is 3.14. The number of anilines is 1. The van der Waals surface area contributed by atoms with Crippen LogP contribution in [0, 0.1) is 13.8 Å². The molecular weight excluding hydrogens is 328 g/mol. The van der Waals surface area contributed by atoms with Crippen molar-refractivity contribution < 1.29 is 14.3 Å². The van der Waals surface area contributed by atoms with Crippen molar-refractivity contribution in [1.29, 1.82) is 0 Å². The maximum atomic E-state index is 12.4. The Morgan fingerprint density at radius 1 is 1.25 bits per heavy atom. The van der Waals surface area contributed by atoms with Gasteiger partial charge in [0.1, 0.15) is 0 Å². The quantitative estimate of drug-likeness (QED) is 0.508. The molecule has 0 atom stereocenters. The lowest BCUT2D eigenvalue weighted by atomic mass is 10.1. The predicted molar refractivity (Wildman–Crippen MR) is 92.7 cm³/mol. The van der Waals surface area contributed by atoms with Gasteiger partial charge in [0.2, 0.25) is 5.78 Å². The molecule has 1 fully saturated rings. The number of esters is 1. The van der Waals surface area contributed by atoms with E-state index in [2.05, 4.69) is 4.57 Å². The number of rotatable bonds is 5. The number of hydrogen-bond acceptors (Lipinski definition) is 4. The molecule has 1 heterocycles. The van der Waals surface area contributed by atoms with Crippen molar-refractivity contribution >= 4 is 29.0 Å². The minimum Gasteiger partial charge on any atom is -0.454 e. The Morgan fingerprint density at radius 2 is 1.96 bits per heavy atom. The summed E-state index contributed by atoms with van der Waals surface area (Å²) in [4.78, 5) is 24.5. The van der Waals surface area contributed by atoms with Gasteiger partial charge in [0.15, 0.2) is 6.61 Å². The van der Waals surface area contributed by atoms with E-state index < -0.39 is 5.97 Å². The monoisotopic (exact) mass is 346 g/mol. The molecular formula is C18H19ClN2O3. The summed E-state index contributed by atoms with van der Waals surface area (Å²) in [6.07, 6.45) is 2.30. The summed E-state index contributed by atoms with van der Waals surface area (Å²) in [6.45, 7) is 3.61. The second-order valence-corrected chi connectivity index (χ2v) is 6.55. The lowest BCUT2D eigenvalue weighted by Gasteiger charge is -2.08. The van der Waals surface area contributed by atoms with Crippen molar-refractivity contribution in [2.45, 2.75) is 32.7 Å². The number of carbonyl (C=O) groups is 2. The first-order valence-corrected chi connectivity index (χ1v) is 8.20. The highest BCUT2D eigenvalue weighted by Crippen LogP contribution is 2.38. The maximum absolute atomic E-state index is 12.4. The Labute approximate surface area is 145 Å². The van der Waals surface area contributed by atoms with Gasteiger partial charge in [-0.3, -0.25) is 4.79 Å². The summed E-state index contributed by atoms with van der Waals surface area (Å²) < 4.78 is 7.31. The van der Waals surface area contributed by atoms with Gasteiger partial charge < -0.3 is 15.0 Å². The zero-order valence-corrected chi connectivity index (χ0v) is 14.4. The number of ether oxygens (including phenoxy) is 1. The molecule has 0 radical (unpaired) electrons. The van der Waals surface area contributed by atoms with E-state index in [1.807, 2.05) is 19.9 Å². The van der Waals surface area contributed by atoms with Gasteiger partial charge >= 0.3 is 5.97 Å². The molecule has 0 aliphatic heterocycles. The van der Waals surface area contributed by atoms with Crippen LogP contribution in [-0.2, 0) is 4.74 Å². The second kappa shape index (κ2) is 6.32. The molecule has 5 nitrogen and oxygen atoms in total. The molecule has 24 heavy (non-hydrogen) atoms. The fraction of sp³-hybridized carbons (Fsp3) is 0.333. The van der Waals surface area contributed by atoms with Crippen LogP contribution in [-0.4, -0.2) is 22.9 Å². The Bertz CT molecular complexity index is 822. The second-order valence-electron chi connectivity index (χ2n) is 6.12. The molecule has 0 amide bonds. The minimum absolute atomic E-state index is 0.204. The fourth-order valence-electron chi connectivity index (χ4n) is 2.96. The van der Waals surface area contributed by atoms with Crippen LogP contribution < -0.4 is 5.73 Å². The Hall–Kier alpha value is -2.27. The van der Waals surface area contributed by atoms with Crippen LogP contribution in [0.15, 0.2) is 24.3 Å². The van der Waals surface area contributed by atoms with Gasteiger partial charge in [-0.05, 0) is 51.0 Å². The van der Waals surface area contributed by atoms with E-state index in [0.29, 0.717) is 16.6 Å². The van der Waals surface area contributed by atoms with Crippen LogP contribution in [0.2, 0.25) is 5.02 Å². The van der Waals surface area contributed by atoms with E-state index in [4.69, 9.17) is 22.1 Å². The molecule has 1 aromatic heterocycles. The van der Waals surface area contributed by atoms with E-state index in [1.54, 1.807) is 6.07 Å². The summed E-state index contributed by atoms with van der Waals surface area (Å²) in [5.41, 5.74) is 8.79. The number of nitrogen functional groups attached to an aromatic ring is 1. The molecule has 6 heteroatoms. The van der Waals surface area contributed by atoms with Gasteiger partial charge in [0.05, 0.1) is 5.56 Å². The standard InChI is InChI=1S/C18H19ClN2O3/c1-10-7-15(11(2)21(10)13-4-5-13)17(22)9-24-18(23)14-6-3-12(19)8-16(14)20/h3,6-8,13H,4-5,9,20H2,1-2H3. The van der Waals surface area contributed by atoms with E-state index in [9.17, 15) is 9.59 Å². The van der Waals surface area contributed by atoms with Crippen LogP contribution in [0.1, 0.15) is 51.0 Å². The molecule has 1 aromatic carbocycles. The molecule has 126 valence electrons. The first-order valence-electron chi connectivity index (χ1n) is 7.82. The largest absolute Gasteiger partial charge is 0.454 e. The molecule has 1 saturated carbocycles. The molecule has 1 aliphatic rings. The molecule has 0 spiro atoms. The predicted octanol–water partition coefficient (Wildman–Crippen LogP) is 3.72. The van der Waals surface area contributed by atoms with Gasteiger partial charge in [-0.2, -0.15) is 0 Å². The Morgan fingerprint density at radius 3 is 2.58 bits per heavy atom. The summed E-state index contributed by atoms with van der Waals surface area (Å²) in [5.74, 6) is -0.843. The van der Waals surface area contributed by atoms with Gasteiger partial charge in [-0.15, -0.1) is 0 Å². The highest BCUT2D eigenvalue weighted by molar-refractivity contribution is 6.31. The number of aryl methyl sites for hydroxylation is 1. The molecule has 1 aliphatic carbocycles. The molecule has 0 unspecified atom stereocenters. The first kappa shape index (κ1) is 16.6. The van der Waals surface area contributed by atoms with E-state index in [1.165, 1.54) is 12.1 Å². The number of aromatic nitrogens is 1. The summed E-state index contributed by atoms with van der Waals surface area (Å²) in [7, 11) is 0. The van der Waals surface area contributed by atoms with E-state index >= 15 is 0 Å². The zero-order chi connectivity index (χ0) is 17.4. The lowest BCUT2D eigenvalue weighted by molar-refractivity contribution is 0.0475. The third-order valence-electron chi connectivity index (χ3n) is 4.26. The van der Waals surface area contributed by atoms with Gasteiger partial charge in [0, 0.05) is 33.7 Å². The van der Waals surface area contributed by atoms with Crippen molar-refractivity contribution in [3.05, 3.63) is 51.8 Å². The topological polar surface area (TPSA) is 74.3 Å². The normalized spacial score (nSPS) is 13.8. The highest BCUT2D eigenvalue weighted by atomic mass is 35.5. The number of carbonyl (C=O) groups excluding carboxylic acids is 2. The third kappa shape index (κ3) is 3.17. The van der Waals surface area contributed by atoms with Crippen molar-refractivity contribution in [3.63, 3.8) is 0 Å². The SMILES string of the molecule is Cc1cc(C(=O)COC(=O)c2ccc(Cl)cc2N)c(C)n1C1CC1. The maximum Gasteiger partial charge on any atom is 0.340 e. The molecule has 2 N–H and O–H groups in total. The smallest absolute Gasteiger partial charge is 0.340 e. The lowest BCUT2D eigenvalue weighted by Crippen LogP contribution is -2.16. The molecule has 3 rings (SSSR count). The number of ketones is 1. The van der Waals surface area contributed by atoms with Crippen LogP contribution in [0.25, 0.3) is 0 Å². The van der Waals surface area contributed by atoms with Crippen LogP contribution in [0.5, 0.6) is 0 Å². The summed E-state index contributed by atoms with van der Waals surface area (Å²) in [6, 6.07) is 6.88. The van der Waals surface area contributed by atoms with Crippen molar-refractivity contribution in [2.75, 3.05) is 12.3 Å². The van der Waals surface area contributed by atoms with Crippen LogP contribution in [0.3, 0.4) is 0 Å². The first-order chi connectivity index (χ1) is 11.4. The number of Topliss-reactive ketones (excluding diaryl/α,β-unsaturated/α-hetero) is 1. The average Bonchev–Trinajstić information content (AvgIpc) is 3.30. The molecule has 0 saturated heterocycles. The zero-order valence-electron chi connectivity index (χ0n) is 13.6. The van der Waals surface area contributed by atoms with Gasteiger partial charge in [0.25, 0.3) is 0 Å². The number of nitrogens with zero attached hydrogens (tertiary/aromatic N) is 1. The van der Waals surface area contributed by atoms with Gasteiger partial charge in [-0.1, -0.05) is 11.6 Å². The van der Waals surface area contributed by atoms with E-state index in [-0.39, 0.29) is 23.6 Å². The summed E-state index contributed by atoms with van der Waals surface area (Å²) >= 11 is 5.81. The van der Waals surface area contributed by atoms with Crippen LogP contribution in [0.4, 0.5) is 5.69 Å². The van der Waals surface area contributed by atoms with Crippen molar-refractivity contribution in [3.8, 4) is 0 Å². The Balaban J connectivity index is 1.69. The number of hydrogen-bond donors (Lipinski definition) is 1. The van der Waals surface area contributed by atoms with Gasteiger partial charge in [-0.25, -0.2) is 4.79 Å². The Kier molecular flexibility index (Phi) is 4.37. The van der Waals surface area contributed by atoms with Crippen LogP contribution >= 0.6 is 11.6 Å². The number of nitrogens with two attached hydrogens (primary N) is 1. The number of halogens is 1. The minimum atomic E-state index is -0.631.